The summed E-state index contributed by atoms with van der Waals surface area (Å²) >= 11 is 0. The van der Waals surface area contributed by atoms with Crippen molar-refractivity contribution >= 4 is 18.0 Å². The number of hydrogen-bond donors (Lipinski definition) is 2. The summed E-state index contributed by atoms with van der Waals surface area (Å²) in [7, 11) is 1.58. The molecule has 0 saturated heterocycles. The molecular weight excluding hydrogens is 448 g/mol. The number of nitrogens with zero attached hydrogens (tertiary/aromatic N) is 1. The molecule has 1 atom stereocenters. The molecule has 1 unspecified atom stereocenters. The third-order valence-electron chi connectivity index (χ3n) is 6.15. The molecule has 3 aromatic rings. The quantitative estimate of drug-likeness (QED) is 0.466. The Hall–Kier alpha value is -4.07. The number of aromatic carboxylic acids is 1. The van der Waals surface area contributed by atoms with E-state index in [9.17, 15) is 14.4 Å². The Balaban J connectivity index is 1.38. The average molecular weight is 477 g/mol. The predicted molar refractivity (Wildman–Crippen MR) is 129 cm³/mol. The van der Waals surface area contributed by atoms with E-state index in [1.165, 1.54) is 17.0 Å². The first-order valence-electron chi connectivity index (χ1n) is 11.6. The van der Waals surface area contributed by atoms with Crippen LogP contribution in [0, 0.1) is 0 Å². The van der Waals surface area contributed by atoms with Crippen LogP contribution in [0.25, 0.3) is 11.1 Å². The molecular formula is C27H28N2O6. The van der Waals surface area contributed by atoms with Crippen molar-refractivity contribution in [2.45, 2.75) is 38.3 Å². The second kappa shape index (κ2) is 10.5. The van der Waals surface area contributed by atoms with E-state index in [0.717, 1.165) is 22.3 Å². The van der Waals surface area contributed by atoms with Crippen molar-refractivity contribution in [3.63, 3.8) is 0 Å². The van der Waals surface area contributed by atoms with E-state index in [1.54, 1.807) is 7.05 Å². The molecule has 2 aromatic carbocycles. The molecule has 4 rings (SSSR count). The highest BCUT2D eigenvalue weighted by molar-refractivity contribution is 5.86. The zero-order valence-corrected chi connectivity index (χ0v) is 19.7. The van der Waals surface area contributed by atoms with Gasteiger partial charge < -0.3 is 24.5 Å². The molecule has 2 N–H and O–H groups in total. The summed E-state index contributed by atoms with van der Waals surface area (Å²) in [4.78, 5) is 38.1. The molecule has 1 heterocycles. The number of carboxylic acid groups (broad SMARTS) is 1. The van der Waals surface area contributed by atoms with E-state index in [2.05, 4.69) is 17.4 Å². The lowest BCUT2D eigenvalue weighted by Gasteiger charge is -2.24. The Morgan fingerprint density at radius 2 is 1.66 bits per heavy atom. The van der Waals surface area contributed by atoms with Gasteiger partial charge in [-0.1, -0.05) is 61.9 Å². The summed E-state index contributed by atoms with van der Waals surface area (Å²) < 4.78 is 10.8. The summed E-state index contributed by atoms with van der Waals surface area (Å²) in [5.41, 5.74) is 4.51. The van der Waals surface area contributed by atoms with E-state index < -0.39 is 18.1 Å². The largest absolute Gasteiger partial charge is 0.475 e. The van der Waals surface area contributed by atoms with Crippen molar-refractivity contribution in [3.8, 4) is 11.1 Å². The fourth-order valence-corrected chi connectivity index (χ4v) is 4.48. The Morgan fingerprint density at radius 1 is 1.03 bits per heavy atom. The maximum atomic E-state index is 13.0. The van der Waals surface area contributed by atoms with Crippen LogP contribution < -0.4 is 5.32 Å². The standard InChI is InChI=1S/C27H28N2O6/c1-3-8-23(25(30)29(2)15-17-13-14-24(35-17)26(31)32)28-27(33)34-16-22-20-11-6-4-9-18(20)19-10-5-7-12-21(19)22/h4-7,9-14,22-23H,3,8,15-16H2,1-2H3,(H,28,33)(H,31,32). The van der Waals surface area contributed by atoms with Crippen LogP contribution in [0.2, 0.25) is 0 Å². The molecule has 8 nitrogen and oxygen atoms in total. The number of hydrogen-bond acceptors (Lipinski definition) is 5. The maximum Gasteiger partial charge on any atom is 0.407 e. The lowest BCUT2D eigenvalue weighted by Crippen LogP contribution is -2.47. The van der Waals surface area contributed by atoms with Crippen molar-refractivity contribution in [2.75, 3.05) is 13.7 Å². The van der Waals surface area contributed by atoms with Gasteiger partial charge in [0.15, 0.2) is 0 Å². The predicted octanol–water partition coefficient (Wildman–Crippen LogP) is 4.64. The Labute approximate surface area is 203 Å². The van der Waals surface area contributed by atoms with Crippen LogP contribution in [0.15, 0.2) is 65.1 Å². The number of rotatable bonds is 9. The van der Waals surface area contributed by atoms with Crippen molar-refractivity contribution in [1.82, 2.24) is 10.2 Å². The van der Waals surface area contributed by atoms with E-state index >= 15 is 0 Å². The molecule has 0 saturated carbocycles. The summed E-state index contributed by atoms with van der Waals surface area (Å²) in [5, 5.41) is 11.7. The third kappa shape index (κ3) is 5.21. The van der Waals surface area contributed by atoms with Gasteiger partial charge in [0.1, 0.15) is 18.4 Å². The van der Waals surface area contributed by atoms with Gasteiger partial charge >= 0.3 is 12.1 Å². The normalized spacial score (nSPS) is 13.0. The maximum absolute atomic E-state index is 13.0. The van der Waals surface area contributed by atoms with Crippen molar-refractivity contribution in [3.05, 3.63) is 83.3 Å². The Bertz CT molecular complexity index is 1190. The monoisotopic (exact) mass is 476 g/mol. The highest BCUT2D eigenvalue weighted by Crippen LogP contribution is 2.44. The molecule has 2 amide bonds. The summed E-state index contributed by atoms with van der Waals surface area (Å²) in [6.07, 6.45) is 0.460. The van der Waals surface area contributed by atoms with Gasteiger partial charge in [-0.3, -0.25) is 4.79 Å². The van der Waals surface area contributed by atoms with Crippen molar-refractivity contribution in [1.29, 1.82) is 0 Å². The minimum atomic E-state index is -1.17. The fourth-order valence-electron chi connectivity index (χ4n) is 4.48. The molecule has 0 bridgehead atoms. The number of amides is 2. The molecule has 35 heavy (non-hydrogen) atoms. The molecule has 0 aliphatic heterocycles. The molecule has 0 spiro atoms. The van der Waals surface area contributed by atoms with Crippen LogP contribution in [0.4, 0.5) is 4.79 Å². The smallest absolute Gasteiger partial charge is 0.407 e. The second-order valence-corrected chi connectivity index (χ2v) is 8.58. The number of ether oxygens (including phenoxy) is 1. The van der Waals surface area contributed by atoms with Gasteiger partial charge in [-0.05, 0) is 40.8 Å². The van der Waals surface area contributed by atoms with E-state index in [-0.39, 0.29) is 30.7 Å². The summed E-state index contributed by atoms with van der Waals surface area (Å²) in [6, 6.07) is 18.3. The molecule has 1 aliphatic rings. The van der Waals surface area contributed by atoms with Gasteiger partial charge in [0.25, 0.3) is 0 Å². The van der Waals surface area contributed by atoms with Gasteiger partial charge in [0.2, 0.25) is 11.7 Å². The zero-order valence-electron chi connectivity index (χ0n) is 19.7. The van der Waals surface area contributed by atoms with Gasteiger partial charge in [-0.2, -0.15) is 0 Å². The van der Waals surface area contributed by atoms with Crippen LogP contribution in [-0.4, -0.2) is 47.7 Å². The van der Waals surface area contributed by atoms with Crippen LogP contribution in [0.1, 0.15) is 53.1 Å². The number of carbonyl (C=O) groups excluding carboxylic acids is 2. The highest BCUT2D eigenvalue weighted by atomic mass is 16.5. The number of alkyl carbamates (subject to hydrolysis) is 1. The number of nitrogens with one attached hydrogen (secondary N) is 1. The molecule has 182 valence electrons. The van der Waals surface area contributed by atoms with Crippen LogP contribution in [0.3, 0.4) is 0 Å². The first-order chi connectivity index (χ1) is 16.9. The summed E-state index contributed by atoms with van der Waals surface area (Å²) in [6.45, 7) is 2.16. The van der Waals surface area contributed by atoms with Crippen LogP contribution in [-0.2, 0) is 16.1 Å². The fraction of sp³-hybridized carbons (Fsp3) is 0.296. The lowest BCUT2D eigenvalue weighted by atomic mass is 9.98. The van der Waals surface area contributed by atoms with Crippen molar-refractivity contribution in [2.24, 2.45) is 0 Å². The summed E-state index contributed by atoms with van der Waals surface area (Å²) in [5.74, 6) is -1.41. The van der Waals surface area contributed by atoms with E-state index in [4.69, 9.17) is 14.3 Å². The number of likely N-dealkylation sites (N-methyl/N-ethyl adjacent to an activating group) is 1. The topological polar surface area (TPSA) is 109 Å². The van der Waals surface area contributed by atoms with Crippen LogP contribution >= 0.6 is 0 Å². The lowest BCUT2D eigenvalue weighted by molar-refractivity contribution is -0.133. The van der Waals surface area contributed by atoms with Crippen molar-refractivity contribution < 1.29 is 28.6 Å². The zero-order chi connectivity index (χ0) is 24.9. The first kappa shape index (κ1) is 24.1. The molecule has 0 radical (unpaired) electrons. The minimum absolute atomic E-state index is 0.0708. The number of furan rings is 1. The Kier molecular flexibility index (Phi) is 7.19. The van der Waals surface area contributed by atoms with Gasteiger partial charge in [0.05, 0.1) is 6.54 Å². The number of carboxylic acids is 1. The van der Waals surface area contributed by atoms with Gasteiger partial charge in [0, 0.05) is 13.0 Å². The van der Waals surface area contributed by atoms with E-state index in [1.807, 2.05) is 43.3 Å². The first-order valence-corrected chi connectivity index (χ1v) is 11.6. The number of benzene rings is 2. The van der Waals surface area contributed by atoms with Gasteiger partial charge in [-0.25, -0.2) is 9.59 Å². The highest BCUT2D eigenvalue weighted by Gasteiger charge is 2.30. The second-order valence-electron chi connectivity index (χ2n) is 8.58. The molecule has 1 aliphatic carbocycles. The average Bonchev–Trinajstić information content (AvgIpc) is 3.45. The van der Waals surface area contributed by atoms with E-state index in [0.29, 0.717) is 18.6 Å². The SMILES string of the molecule is CCCC(NC(=O)OCC1c2ccccc2-c2ccccc21)C(=O)N(C)Cc1ccc(C(=O)O)o1. The molecule has 8 heteroatoms. The minimum Gasteiger partial charge on any atom is -0.475 e. The number of fused-ring (bicyclic) bond motifs is 3. The molecule has 1 aromatic heterocycles. The third-order valence-corrected chi connectivity index (χ3v) is 6.15. The molecule has 0 fully saturated rings. The Morgan fingerprint density at radius 3 is 2.23 bits per heavy atom. The van der Waals surface area contributed by atoms with Crippen LogP contribution in [0.5, 0.6) is 0 Å². The number of carbonyl (C=O) groups is 3. The van der Waals surface area contributed by atoms with Gasteiger partial charge in [-0.15, -0.1) is 0 Å².